The molecule has 4 rings (SSSR count). The quantitative estimate of drug-likeness (QED) is 0.793. The zero-order valence-corrected chi connectivity index (χ0v) is 17.0. The number of aromatic nitrogens is 2. The van der Waals surface area contributed by atoms with Crippen LogP contribution in [0.25, 0.3) is 11.4 Å². The molecule has 0 bridgehead atoms. The first kappa shape index (κ1) is 21.7. The van der Waals surface area contributed by atoms with Crippen LogP contribution in [-0.4, -0.2) is 21.5 Å². The number of carbonyl (C=O) groups is 1. The summed E-state index contributed by atoms with van der Waals surface area (Å²) >= 11 is 0. The smallest absolute Gasteiger partial charge is 0.224 e. The fourth-order valence-electron chi connectivity index (χ4n) is 4.14. The van der Waals surface area contributed by atoms with Crippen LogP contribution in [0.2, 0.25) is 0 Å². The van der Waals surface area contributed by atoms with Crippen molar-refractivity contribution in [3.05, 3.63) is 36.2 Å². The van der Waals surface area contributed by atoms with Crippen molar-refractivity contribution >= 4 is 36.4 Å². The number of hydrogen-bond acceptors (Lipinski definition) is 3. The van der Waals surface area contributed by atoms with E-state index in [1.807, 2.05) is 30.5 Å². The van der Waals surface area contributed by atoms with Gasteiger partial charge in [-0.25, -0.2) is 4.98 Å². The molecule has 1 aromatic carbocycles. The highest BCUT2D eigenvalue weighted by Crippen LogP contribution is 2.28. The standard InChI is InChI=1S/C20H26N4O.2ClH/c21-18-6-3-4-15(18)12-19(25)23-16-9-7-14(8-10-16)20-22-13-17-5-1-2-11-24(17)20;;/h7-10,13,15,18H,1-6,11-12,21H2,(H,23,25);2*1H/t15-,18+;;/m0../s1. The zero-order chi connectivity index (χ0) is 17.2. The molecule has 3 N–H and O–H groups in total. The van der Waals surface area contributed by atoms with Gasteiger partial charge < -0.3 is 15.6 Å². The minimum atomic E-state index is 0. The SMILES string of the molecule is Cl.Cl.N[C@@H]1CCC[C@H]1CC(=O)Nc1ccc(-c2ncc3n2CCCC3)cc1. The number of rotatable bonds is 4. The number of imidazole rings is 1. The molecule has 0 saturated heterocycles. The lowest BCUT2D eigenvalue weighted by atomic mass is 10.00. The second-order valence-corrected chi connectivity index (χ2v) is 7.37. The van der Waals surface area contributed by atoms with Gasteiger partial charge in [-0.15, -0.1) is 24.8 Å². The van der Waals surface area contributed by atoms with E-state index in [0.29, 0.717) is 12.3 Å². The maximum atomic E-state index is 12.2. The molecule has 1 aliphatic heterocycles. The van der Waals surface area contributed by atoms with Gasteiger partial charge in [0.2, 0.25) is 5.91 Å². The van der Waals surface area contributed by atoms with Crippen LogP contribution in [-0.2, 0) is 17.8 Å². The average molecular weight is 411 g/mol. The normalized spacial score (nSPS) is 20.9. The molecule has 2 atom stereocenters. The Kier molecular flexibility index (Phi) is 7.71. The first-order chi connectivity index (χ1) is 12.2. The minimum absolute atomic E-state index is 0. The highest BCUT2D eigenvalue weighted by atomic mass is 35.5. The second kappa shape index (κ2) is 9.58. The molecule has 2 heterocycles. The summed E-state index contributed by atoms with van der Waals surface area (Å²) < 4.78 is 2.32. The number of nitrogens with two attached hydrogens (primary N) is 1. The number of halogens is 2. The van der Waals surface area contributed by atoms with E-state index in [1.165, 1.54) is 18.5 Å². The summed E-state index contributed by atoms with van der Waals surface area (Å²) in [7, 11) is 0. The zero-order valence-electron chi connectivity index (χ0n) is 15.4. The molecule has 2 aliphatic rings. The van der Waals surface area contributed by atoms with E-state index in [0.717, 1.165) is 49.3 Å². The Morgan fingerprint density at radius 1 is 1.15 bits per heavy atom. The highest BCUT2D eigenvalue weighted by molar-refractivity contribution is 5.91. The predicted octanol–water partition coefficient (Wildman–Crippen LogP) is 4.19. The number of anilines is 1. The molecule has 0 radical (unpaired) electrons. The van der Waals surface area contributed by atoms with Crippen molar-refractivity contribution in [1.29, 1.82) is 0 Å². The van der Waals surface area contributed by atoms with E-state index < -0.39 is 0 Å². The summed E-state index contributed by atoms with van der Waals surface area (Å²) in [5, 5.41) is 3.00. The number of nitrogens with zero attached hydrogens (tertiary/aromatic N) is 2. The topological polar surface area (TPSA) is 72.9 Å². The van der Waals surface area contributed by atoms with Crippen molar-refractivity contribution in [1.82, 2.24) is 9.55 Å². The predicted molar refractivity (Wildman–Crippen MR) is 114 cm³/mol. The first-order valence-electron chi connectivity index (χ1n) is 9.41. The Labute approximate surface area is 172 Å². The minimum Gasteiger partial charge on any atom is -0.328 e. The van der Waals surface area contributed by atoms with Crippen molar-refractivity contribution in [3.8, 4) is 11.4 Å². The number of nitrogens with one attached hydrogen (secondary N) is 1. The fraction of sp³-hybridized carbons (Fsp3) is 0.500. The molecule has 148 valence electrons. The Morgan fingerprint density at radius 2 is 1.93 bits per heavy atom. The third kappa shape index (κ3) is 4.84. The van der Waals surface area contributed by atoms with Crippen molar-refractivity contribution in [2.24, 2.45) is 11.7 Å². The maximum absolute atomic E-state index is 12.2. The molecule has 5 nitrogen and oxygen atoms in total. The van der Waals surface area contributed by atoms with Gasteiger partial charge in [-0.3, -0.25) is 4.79 Å². The fourth-order valence-corrected chi connectivity index (χ4v) is 4.14. The van der Waals surface area contributed by atoms with E-state index in [2.05, 4.69) is 14.9 Å². The van der Waals surface area contributed by atoms with Gasteiger partial charge in [-0.1, -0.05) is 6.42 Å². The number of amides is 1. The molecule has 1 fully saturated rings. The number of hydrogen-bond donors (Lipinski definition) is 2. The van der Waals surface area contributed by atoms with E-state index in [1.54, 1.807) is 0 Å². The molecular formula is C20H28Cl2N4O. The molecule has 1 saturated carbocycles. The highest BCUT2D eigenvalue weighted by Gasteiger charge is 2.26. The van der Waals surface area contributed by atoms with Crippen LogP contribution in [0.1, 0.15) is 44.2 Å². The summed E-state index contributed by atoms with van der Waals surface area (Å²) in [6, 6.07) is 8.20. The molecule has 27 heavy (non-hydrogen) atoms. The summed E-state index contributed by atoms with van der Waals surface area (Å²) in [5.41, 5.74) is 9.33. The molecular weight excluding hydrogens is 383 g/mol. The molecule has 1 aromatic heterocycles. The lowest BCUT2D eigenvalue weighted by Crippen LogP contribution is -2.28. The summed E-state index contributed by atoms with van der Waals surface area (Å²) in [4.78, 5) is 16.8. The summed E-state index contributed by atoms with van der Waals surface area (Å²) in [5.74, 6) is 1.42. The maximum Gasteiger partial charge on any atom is 0.224 e. The van der Waals surface area contributed by atoms with E-state index in [4.69, 9.17) is 5.73 Å². The number of carbonyl (C=O) groups excluding carboxylic acids is 1. The van der Waals surface area contributed by atoms with Gasteiger partial charge in [-0.05, 0) is 62.3 Å². The first-order valence-corrected chi connectivity index (χ1v) is 9.41. The summed E-state index contributed by atoms with van der Waals surface area (Å²) in [6.45, 7) is 1.05. The van der Waals surface area contributed by atoms with Gasteiger partial charge >= 0.3 is 0 Å². The van der Waals surface area contributed by atoms with Crippen LogP contribution in [0.4, 0.5) is 5.69 Å². The van der Waals surface area contributed by atoms with Crippen molar-refractivity contribution in [2.45, 2.75) is 57.5 Å². The van der Waals surface area contributed by atoms with E-state index in [-0.39, 0.29) is 36.8 Å². The van der Waals surface area contributed by atoms with Crippen LogP contribution >= 0.6 is 24.8 Å². The second-order valence-electron chi connectivity index (χ2n) is 7.37. The number of aryl methyl sites for hydroxylation is 1. The van der Waals surface area contributed by atoms with Gasteiger partial charge in [0.1, 0.15) is 5.82 Å². The Bertz CT molecular complexity index is 760. The number of fused-ring (bicyclic) bond motifs is 1. The number of benzene rings is 1. The van der Waals surface area contributed by atoms with Gasteiger partial charge in [0.25, 0.3) is 0 Å². The third-order valence-electron chi connectivity index (χ3n) is 5.60. The molecule has 0 unspecified atom stereocenters. The Balaban J connectivity index is 0.00000131. The molecule has 2 aromatic rings. The van der Waals surface area contributed by atoms with Gasteiger partial charge in [0.15, 0.2) is 0 Å². The monoisotopic (exact) mass is 410 g/mol. The van der Waals surface area contributed by atoms with Crippen molar-refractivity contribution in [3.63, 3.8) is 0 Å². The van der Waals surface area contributed by atoms with Crippen molar-refractivity contribution < 1.29 is 4.79 Å². The van der Waals surface area contributed by atoms with E-state index >= 15 is 0 Å². The lowest BCUT2D eigenvalue weighted by molar-refractivity contribution is -0.117. The Morgan fingerprint density at radius 3 is 2.63 bits per heavy atom. The molecule has 1 aliphatic carbocycles. The molecule has 1 amide bonds. The van der Waals surface area contributed by atoms with Crippen LogP contribution in [0.15, 0.2) is 30.5 Å². The van der Waals surface area contributed by atoms with Gasteiger partial charge in [-0.2, -0.15) is 0 Å². The molecule has 7 heteroatoms. The van der Waals surface area contributed by atoms with Crippen LogP contribution in [0.5, 0.6) is 0 Å². The van der Waals surface area contributed by atoms with Gasteiger partial charge in [0.05, 0.1) is 0 Å². The van der Waals surface area contributed by atoms with E-state index in [9.17, 15) is 4.79 Å². The third-order valence-corrected chi connectivity index (χ3v) is 5.60. The Hall–Kier alpha value is -1.56. The van der Waals surface area contributed by atoms with Gasteiger partial charge in [0, 0.05) is 42.1 Å². The molecule has 0 spiro atoms. The summed E-state index contributed by atoms with van der Waals surface area (Å²) in [6.07, 6.45) is 9.35. The largest absolute Gasteiger partial charge is 0.328 e. The lowest BCUT2D eigenvalue weighted by Gasteiger charge is -2.17. The van der Waals surface area contributed by atoms with Crippen LogP contribution in [0.3, 0.4) is 0 Å². The van der Waals surface area contributed by atoms with Crippen molar-refractivity contribution in [2.75, 3.05) is 5.32 Å². The van der Waals surface area contributed by atoms with Crippen LogP contribution < -0.4 is 11.1 Å². The van der Waals surface area contributed by atoms with Crippen LogP contribution in [0, 0.1) is 5.92 Å². The average Bonchev–Trinajstić information content (AvgIpc) is 3.22.